The van der Waals surface area contributed by atoms with Gasteiger partial charge in [-0.1, -0.05) is 72.8 Å². The van der Waals surface area contributed by atoms with Gasteiger partial charge in [-0.3, -0.25) is 9.59 Å². The van der Waals surface area contributed by atoms with Gasteiger partial charge in [-0.2, -0.15) is 0 Å². The number of esters is 1. The van der Waals surface area contributed by atoms with Crippen LogP contribution in [0.15, 0.2) is 95.5 Å². The van der Waals surface area contributed by atoms with Gasteiger partial charge in [0.25, 0.3) is 0 Å². The van der Waals surface area contributed by atoms with E-state index in [1.54, 1.807) is 66.7 Å². The van der Waals surface area contributed by atoms with Crippen LogP contribution in [0.25, 0.3) is 11.3 Å². The third-order valence-electron chi connectivity index (χ3n) is 4.88. The van der Waals surface area contributed by atoms with Crippen molar-refractivity contribution < 1.29 is 23.1 Å². The van der Waals surface area contributed by atoms with Crippen LogP contribution in [0.2, 0.25) is 0 Å². The van der Waals surface area contributed by atoms with Gasteiger partial charge in [0.1, 0.15) is 5.82 Å². The van der Waals surface area contributed by atoms with Gasteiger partial charge in [-0.05, 0) is 12.1 Å². The van der Waals surface area contributed by atoms with Crippen LogP contribution in [-0.4, -0.2) is 16.7 Å². The molecule has 0 fully saturated rings. The van der Waals surface area contributed by atoms with E-state index >= 15 is 0 Å². The van der Waals surface area contributed by atoms with Crippen LogP contribution in [0.3, 0.4) is 0 Å². The third kappa shape index (κ3) is 4.98. The SMILES string of the molecule is O=C(CCc1ncc(-c2ccccc2F)o1)OC(C(=O)c1ccccc1)c1ccccc1. The van der Waals surface area contributed by atoms with Crippen LogP contribution < -0.4 is 0 Å². The maximum atomic E-state index is 13.9. The Morgan fingerprint density at radius 3 is 2.28 bits per heavy atom. The van der Waals surface area contributed by atoms with Crippen molar-refractivity contribution in [3.63, 3.8) is 0 Å². The zero-order valence-corrected chi connectivity index (χ0v) is 17.1. The smallest absolute Gasteiger partial charge is 0.307 e. The van der Waals surface area contributed by atoms with Crippen molar-refractivity contribution >= 4 is 11.8 Å². The number of carbonyl (C=O) groups is 2. The van der Waals surface area contributed by atoms with Crippen molar-refractivity contribution in [2.75, 3.05) is 0 Å². The molecule has 0 aliphatic carbocycles. The van der Waals surface area contributed by atoms with E-state index < -0.39 is 17.9 Å². The van der Waals surface area contributed by atoms with Crippen LogP contribution in [0.4, 0.5) is 4.39 Å². The predicted molar refractivity (Wildman–Crippen MR) is 116 cm³/mol. The van der Waals surface area contributed by atoms with E-state index in [9.17, 15) is 14.0 Å². The molecule has 4 aromatic rings. The number of aromatic nitrogens is 1. The Kier molecular flexibility index (Phi) is 6.51. The maximum Gasteiger partial charge on any atom is 0.307 e. The zero-order chi connectivity index (χ0) is 22.3. The Morgan fingerprint density at radius 2 is 1.56 bits per heavy atom. The molecule has 5 nitrogen and oxygen atoms in total. The van der Waals surface area contributed by atoms with Gasteiger partial charge in [0, 0.05) is 17.5 Å². The second-order valence-corrected chi connectivity index (χ2v) is 7.11. The Labute approximate surface area is 184 Å². The normalized spacial score (nSPS) is 11.7. The first kappa shape index (κ1) is 21.2. The number of ether oxygens (including phenoxy) is 1. The van der Waals surface area contributed by atoms with E-state index in [-0.39, 0.29) is 30.3 Å². The summed E-state index contributed by atoms with van der Waals surface area (Å²) in [6, 6.07) is 23.8. The molecule has 0 N–H and O–H groups in total. The van der Waals surface area contributed by atoms with E-state index in [0.717, 1.165) is 0 Å². The van der Waals surface area contributed by atoms with Gasteiger partial charge < -0.3 is 9.15 Å². The predicted octanol–water partition coefficient (Wildman–Crippen LogP) is 5.58. The number of rotatable bonds is 8. The van der Waals surface area contributed by atoms with Gasteiger partial charge in [-0.15, -0.1) is 0 Å². The molecule has 0 spiro atoms. The Bertz CT molecular complexity index is 1200. The fourth-order valence-electron chi connectivity index (χ4n) is 3.27. The molecule has 0 bridgehead atoms. The van der Waals surface area contributed by atoms with E-state index in [2.05, 4.69) is 4.98 Å². The Hall–Kier alpha value is -4.06. The van der Waals surface area contributed by atoms with Crippen LogP contribution >= 0.6 is 0 Å². The second-order valence-electron chi connectivity index (χ2n) is 7.11. The average molecular weight is 429 g/mol. The minimum absolute atomic E-state index is 0.0391. The summed E-state index contributed by atoms with van der Waals surface area (Å²) in [4.78, 5) is 29.7. The first-order valence-electron chi connectivity index (χ1n) is 10.1. The quantitative estimate of drug-likeness (QED) is 0.270. The van der Waals surface area contributed by atoms with E-state index in [1.165, 1.54) is 12.3 Å². The number of halogens is 1. The molecule has 0 radical (unpaired) electrons. The molecule has 0 aliphatic rings. The highest BCUT2D eigenvalue weighted by Gasteiger charge is 2.26. The number of carbonyl (C=O) groups excluding carboxylic acids is 2. The summed E-state index contributed by atoms with van der Waals surface area (Å²) < 4.78 is 25.1. The molecule has 0 aliphatic heterocycles. The Balaban J connectivity index is 1.44. The molecule has 1 unspecified atom stereocenters. The van der Waals surface area contributed by atoms with Crippen LogP contribution in [0.5, 0.6) is 0 Å². The van der Waals surface area contributed by atoms with Crippen molar-refractivity contribution in [2.45, 2.75) is 18.9 Å². The summed E-state index contributed by atoms with van der Waals surface area (Å²) in [5.74, 6) is -0.713. The summed E-state index contributed by atoms with van der Waals surface area (Å²) in [7, 11) is 0. The number of benzene rings is 3. The number of hydrogen-bond acceptors (Lipinski definition) is 5. The minimum Gasteiger partial charge on any atom is -0.449 e. The lowest BCUT2D eigenvalue weighted by Gasteiger charge is -2.17. The highest BCUT2D eigenvalue weighted by Crippen LogP contribution is 2.25. The zero-order valence-electron chi connectivity index (χ0n) is 17.1. The van der Waals surface area contributed by atoms with Gasteiger partial charge in [0.05, 0.1) is 18.2 Å². The summed E-state index contributed by atoms with van der Waals surface area (Å²) >= 11 is 0. The monoisotopic (exact) mass is 429 g/mol. The van der Waals surface area contributed by atoms with Crippen molar-refractivity contribution in [1.82, 2.24) is 4.98 Å². The largest absolute Gasteiger partial charge is 0.449 e. The Morgan fingerprint density at radius 1 is 0.906 bits per heavy atom. The van der Waals surface area contributed by atoms with Crippen molar-refractivity contribution in [1.29, 1.82) is 0 Å². The molecule has 1 aromatic heterocycles. The molecule has 6 heteroatoms. The third-order valence-corrected chi connectivity index (χ3v) is 4.88. The van der Waals surface area contributed by atoms with Gasteiger partial charge in [0.15, 0.2) is 17.8 Å². The van der Waals surface area contributed by atoms with Crippen LogP contribution in [-0.2, 0) is 16.0 Å². The number of aryl methyl sites for hydroxylation is 1. The first-order valence-corrected chi connectivity index (χ1v) is 10.1. The molecule has 4 rings (SSSR count). The average Bonchev–Trinajstić information content (AvgIpc) is 3.31. The van der Waals surface area contributed by atoms with Crippen molar-refractivity contribution in [3.8, 4) is 11.3 Å². The van der Waals surface area contributed by atoms with E-state index in [0.29, 0.717) is 16.7 Å². The molecule has 1 heterocycles. The lowest BCUT2D eigenvalue weighted by Crippen LogP contribution is -2.20. The first-order chi connectivity index (χ1) is 15.6. The van der Waals surface area contributed by atoms with E-state index in [4.69, 9.17) is 9.15 Å². The summed E-state index contributed by atoms with van der Waals surface area (Å²) in [5, 5.41) is 0. The molecule has 0 saturated carbocycles. The highest BCUT2D eigenvalue weighted by atomic mass is 19.1. The molecule has 0 amide bonds. The molecule has 0 saturated heterocycles. The highest BCUT2D eigenvalue weighted by molar-refractivity contribution is 6.01. The standard InChI is InChI=1S/C26H20FNO4/c27-21-14-8-7-13-20(21)22-17-28-23(31-22)15-16-24(29)32-26(19-11-5-2-6-12-19)25(30)18-9-3-1-4-10-18/h1-14,17,26H,15-16H2. The molecule has 3 aromatic carbocycles. The van der Waals surface area contributed by atoms with E-state index in [1.807, 2.05) is 12.1 Å². The summed E-state index contributed by atoms with van der Waals surface area (Å²) in [5.41, 5.74) is 1.34. The number of oxazole rings is 1. The van der Waals surface area contributed by atoms with Crippen molar-refractivity contribution in [2.24, 2.45) is 0 Å². The second kappa shape index (κ2) is 9.83. The van der Waals surface area contributed by atoms with Crippen LogP contribution in [0, 0.1) is 5.82 Å². The minimum atomic E-state index is -1.05. The van der Waals surface area contributed by atoms with Crippen LogP contribution in [0.1, 0.15) is 34.3 Å². The molecule has 32 heavy (non-hydrogen) atoms. The van der Waals surface area contributed by atoms with Crippen molar-refractivity contribution in [3.05, 3.63) is 114 Å². The fourth-order valence-corrected chi connectivity index (χ4v) is 3.27. The number of nitrogens with zero attached hydrogens (tertiary/aromatic N) is 1. The topological polar surface area (TPSA) is 69.4 Å². The number of hydrogen-bond donors (Lipinski definition) is 0. The lowest BCUT2D eigenvalue weighted by molar-refractivity contribution is -0.147. The van der Waals surface area contributed by atoms with Gasteiger partial charge >= 0.3 is 5.97 Å². The molecule has 1 atom stereocenters. The summed E-state index contributed by atoms with van der Waals surface area (Å²) in [6.45, 7) is 0. The lowest BCUT2D eigenvalue weighted by atomic mass is 10.00. The fraction of sp³-hybridized carbons (Fsp3) is 0.115. The molecule has 160 valence electrons. The van der Waals surface area contributed by atoms with Gasteiger partial charge in [0.2, 0.25) is 5.78 Å². The number of ketones is 1. The summed E-state index contributed by atoms with van der Waals surface area (Å²) in [6.07, 6.45) is 0.492. The molecular formula is C26H20FNO4. The van der Waals surface area contributed by atoms with Gasteiger partial charge in [-0.25, -0.2) is 9.37 Å². The maximum absolute atomic E-state index is 13.9. The number of Topliss-reactive ketones (excluding diaryl/α,β-unsaturated/α-hetero) is 1. The molecular weight excluding hydrogens is 409 g/mol.